The van der Waals surface area contributed by atoms with Crippen molar-refractivity contribution < 1.29 is 19.1 Å². The lowest BCUT2D eigenvalue weighted by atomic mass is 10.0. The van der Waals surface area contributed by atoms with Crippen LogP contribution in [0.5, 0.6) is 0 Å². The molecule has 1 N–H and O–H groups in total. The summed E-state index contributed by atoms with van der Waals surface area (Å²) in [6, 6.07) is 5.13. The number of rotatable bonds is 4. The summed E-state index contributed by atoms with van der Waals surface area (Å²) in [5.74, 6) is -0.962. The first-order chi connectivity index (χ1) is 12.3. The molecule has 2 aromatic heterocycles. The number of nitrogens with zero attached hydrogens (tertiary/aromatic N) is 3. The van der Waals surface area contributed by atoms with Gasteiger partial charge in [-0.05, 0) is 31.4 Å². The molecule has 0 aromatic carbocycles. The minimum Gasteiger partial charge on any atom is -0.464 e. The van der Waals surface area contributed by atoms with Gasteiger partial charge >= 0.3 is 5.97 Å². The highest BCUT2D eigenvalue weighted by atomic mass is 32.1. The molecule has 9 heteroatoms. The van der Waals surface area contributed by atoms with Gasteiger partial charge in [0, 0.05) is 6.54 Å². The number of aromatic nitrogens is 2. The molecule has 1 aliphatic heterocycles. The standard InChI is InChI=1S/C17H20N4O4S/c1-17(2,18-14(22)13-5-4-8-26-13)16(24)20-6-7-21-11(10-20)9-12(19-21)15(23)25-3/h4-5,8-9H,6-7,10H2,1-3H3,(H,18,22). The maximum absolute atomic E-state index is 12.9. The zero-order valence-electron chi connectivity index (χ0n) is 14.8. The molecule has 0 saturated carbocycles. The Bertz CT molecular complexity index is 841. The van der Waals surface area contributed by atoms with Crippen LogP contribution in [0, 0.1) is 0 Å². The van der Waals surface area contributed by atoms with E-state index in [4.69, 9.17) is 0 Å². The zero-order valence-corrected chi connectivity index (χ0v) is 15.6. The van der Waals surface area contributed by atoms with Gasteiger partial charge in [-0.25, -0.2) is 4.79 Å². The number of esters is 1. The van der Waals surface area contributed by atoms with Gasteiger partial charge in [0.15, 0.2) is 5.69 Å². The van der Waals surface area contributed by atoms with Crippen LogP contribution in [0.3, 0.4) is 0 Å². The Morgan fingerprint density at radius 1 is 1.31 bits per heavy atom. The highest BCUT2D eigenvalue weighted by Crippen LogP contribution is 2.19. The summed E-state index contributed by atoms with van der Waals surface area (Å²) in [5.41, 5.74) is -0.0681. The fraction of sp³-hybridized carbons (Fsp3) is 0.412. The molecule has 0 fully saturated rings. The molecule has 138 valence electrons. The van der Waals surface area contributed by atoms with E-state index in [1.54, 1.807) is 41.6 Å². The lowest BCUT2D eigenvalue weighted by Crippen LogP contribution is -2.57. The Morgan fingerprint density at radius 3 is 2.73 bits per heavy atom. The number of ether oxygens (including phenoxy) is 1. The highest BCUT2D eigenvalue weighted by Gasteiger charge is 2.36. The Morgan fingerprint density at radius 2 is 2.08 bits per heavy atom. The molecular weight excluding hydrogens is 356 g/mol. The molecule has 0 spiro atoms. The SMILES string of the molecule is COC(=O)c1cc2n(n1)CCN(C(=O)C(C)(C)NC(=O)c1cccs1)C2. The van der Waals surface area contributed by atoms with Crippen LogP contribution in [-0.4, -0.2) is 51.7 Å². The number of hydrogen-bond acceptors (Lipinski definition) is 6. The second-order valence-corrected chi connectivity index (χ2v) is 7.47. The minimum absolute atomic E-state index is 0.186. The van der Waals surface area contributed by atoms with E-state index in [9.17, 15) is 14.4 Å². The summed E-state index contributed by atoms with van der Waals surface area (Å²) in [6.07, 6.45) is 0. The molecule has 2 aromatic rings. The van der Waals surface area contributed by atoms with Crippen LogP contribution < -0.4 is 5.32 Å². The molecule has 3 heterocycles. The van der Waals surface area contributed by atoms with E-state index in [0.29, 0.717) is 24.5 Å². The Kier molecular flexibility index (Phi) is 4.82. The van der Waals surface area contributed by atoms with Gasteiger partial charge in [0.1, 0.15) is 5.54 Å². The van der Waals surface area contributed by atoms with Crippen molar-refractivity contribution in [2.24, 2.45) is 0 Å². The van der Waals surface area contributed by atoms with Crippen LogP contribution in [0.1, 0.15) is 39.7 Å². The van der Waals surface area contributed by atoms with E-state index in [2.05, 4.69) is 15.2 Å². The molecule has 1 aliphatic rings. The first-order valence-corrected chi connectivity index (χ1v) is 9.00. The number of carbonyl (C=O) groups excluding carboxylic acids is 3. The third kappa shape index (κ3) is 3.48. The van der Waals surface area contributed by atoms with Crippen LogP contribution in [0.15, 0.2) is 23.6 Å². The number of nitrogens with one attached hydrogen (secondary N) is 1. The predicted molar refractivity (Wildman–Crippen MR) is 94.8 cm³/mol. The maximum Gasteiger partial charge on any atom is 0.358 e. The Balaban J connectivity index is 1.71. The van der Waals surface area contributed by atoms with Gasteiger partial charge in [0.05, 0.1) is 30.8 Å². The minimum atomic E-state index is -1.05. The molecule has 3 rings (SSSR count). The van der Waals surface area contributed by atoms with Gasteiger partial charge in [-0.2, -0.15) is 5.10 Å². The van der Waals surface area contributed by atoms with Crippen molar-refractivity contribution >= 4 is 29.1 Å². The molecule has 0 radical (unpaired) electrons. The summed E-state index contributed by atoms with van der Waals surface area (Å²) in [4.78, 5) is 39.0. The van der Waals surface area contributed by atoms with E-state index in [-0.39, 0.29) is 17.5 Å². The maximum atomic E-state index is 12.9. The normalized spacial score (nSPS) is 13.9. The lowest BCUT2D eigenvalue weighted by Gasteiger charge is -2.34. The van der Waals surface area contributed by atoms with Crippen LogP contribution in [-0.2, 0) is 22.6 Å². The van der Waals surface area contributed by atoms with E-state index >= 15 is 0 Å². The predicted octanol–water partition coefficient (Wildman–Crippen LogP) is 1.28. The Labute approximate surface area is 154 Å². The molecular formula is C17H20N4O4S. The second kappa shape index (κ2) is 6.91. The van der Waals surface area contributed by atoms with Gasteiger partial charge in [0.25, 0.3) is 5.91 Å². The van der Waals surface area contributed by atoms with Gasteiger partial charge in [-0.3, -0.25) is 14.3 Å². The third-order valence-corrected chi connectivity index (χ3v) is 5.05. The molecule has 26 heavy (non-hydrogen) atoms. The van der Waals surface area contributed by atoms with Gasteiger partial charge in [0.2, 0.25) is 5.91 Å². The zero-order chi connectivity index (χ0) is 18.9. The van der Waals surface area contributed by atoms with Crippen molar-refractivity contribution in [3.8, 4) is 0 Å². The van der Waals surface area contributed by atoms with Gasteiger partial charge in [-0.15, -0.1) is 11.3 Å². The summed E-state index contributed by atoms with van der Waals surface area (Å²) in [5, 5.41) is 8.81. The average Bonchev–Trinajstić information content (AvgIpc) is 3.28. The quantitative estimate of drug-likeness (QED) is 0.812. The number of amides is 2. The Hall–Kier alpha value is -2.68. The molecule has 0 unspecified atom stereocenters. The van der Waals surface area contributed by atoms with Crippen LogP contribution in [0.2, 0.25) is 0 Å². The number of carbonyl (C=O) groups is 3. The lowest BCUT2D eigenvalue weighted by molar-refractivity contribution is -0.138. The van der Waals surface area contributed by atoms with Crippen molar-refractivity contribution in [2.45, 2.75) is 32.5 Å². The monoisotopic (exact) mass is 376 g/mol. The van der Waals surface area contributed by atoms with Crippen molar-refractivity contribution in [1.82, 2.24) is 20.0 Å². The fourth-order valence-corrected chi connectivity index (χ4v) is 3.46. The summed E-state index contributed by atoms with van der Waals surface area (Å²) in [7, 11) is 1.30. The molecule has 2 amide bonds. The van der Waals surface area contributed by atoms with Crippen LogP contribution in [0.4, 0.5) is 0 Å². The molecule has 8 nitrogen and oxygen atoms in total. The van der Waals surface area contributed by atoms with Crippen molar-refractivity contribution in [3.63, 3.8) is 0 Å². The molecule has 0 aliphatic carbocycles. The van der Waals surface area contributed by atoms with Crippen molar-refractivity contribution in [2.75, 3.05) is 13.7 Å². The third-order valence-electron chi connectivity index (χ3n) is 4.19. The summed E-state index contributed by atoms with van der Waals surface area (Å²) < 4.78 is 6.38. The van der Waals surface area contributed by atoms with E-state index in [1.807, 2.05) is 5.38 Å². The van der Waals surface area contributed by atoms with Crippen molar-refractivity contribution in [1.29, 1.82) is 0 Å². The highest BCUT2D eigenvalue weighted by molar-refractivity contribution is 7.12. The van der Waals surface area contributed by atoms with E-state index in [1.165, 1.54) is 18.4 Å². The first kappa shape index (κ1) is 18.1. The topological polar surface area (TPSA) is 93.5 Å². The first-order valence-electron chi connectivity index (χ1n) is 8.12. The number of methoxy groups -OCH3 is 1. The molecule has 0 bridgehead atoms. The van der Waals surface area contributed by atoms with Crippen LogP contribution >= 0.6 is 11.3 Å². The molecule has 0 atom stereocenters. The van der Waals surface area contributed by atoms with Crippen LogP contribution in [0.25, 0.3) is 0 Å². The number of fused-ring (bicyclic) bond motifs is 1. The van der Waals surface area contributed by atoms with E-state index in [0.717, 1.165) is 5.69 Å². The summed E-state index contributed by atoms with van der Waals surface area (Å²) >= 11 is 1.32. The smallest absolute Gasteiger partial charge is 0.358 e. The van der Waals surface area contributed by atoms with Gasteiger partial charge in [-0.1, -0.05) is 6.07 Å². The fourth-order valence-electron chi connectivity index (χ4n) is 2.85. The number of thiophene rings is 1. The van der Waals surface area contributed by atoms with Crippen molar-refractivity contribution in [3.05, 3.63) is 39.8 Å². The number of hydrogen-bond donors (Lipinski definition) is 1. The molecule has 0 saturated heterocycles. The summed E-state index contributed by atoms with van der Waals surface area (Å²) in [6.45, 7) is 4.62. The second-order valence-electron chi connectivity index (χ2n) is 6.52. The van der Waals surface area contributed by atoms with Gasteiger partial charge < -0.3 is 15.0 Å². The van der Waals surface area contributed by atoms with E-state index < -0.39 is 11.5 Å². The largest absolute Gasteiger partial charge is 0.464 e. The average molecular weight is 376 g/mol.